The average Bonchev–Trinajstić information content (AvgIpc) is 3.36. The number of aryl methyl sites for hydroxylation is 1. The normalized spacial score (nSPS) is 11.1. The van der Waals surface area contributed by atoms with Crippen LogP contribution in [0.25, 0.3) is 33.3 Å². The predicted molar refractivity (Wildman–Crippen MR) is 158 cm³/mol. The van der Waals surface area contributed by atoms with E-state index in [1.165, 1.54) is 7.11 Å². The molecule has 204 valence electrons. The van der Waals surface area contributed by atoms with Crippen molar-refractivity contribution < 1.29 is 18.8 Å². The van der Waals surface area contributed by atoms with E-state index in [4.69, 9.17) is 37.2 Å². The molecule has 0 spiro atoms. The Morgan fingerprint density at radius 1 is 0.925 bits per heavy atom. The molecule has 0 radical (unpaired) electrons. The van der Waals surface area contributed by atoms with E-state index >= 15 is 0 Å². The van der Waals surface area contributed by atoms with Gasteiger partial charge in [-0.2, -0.15) is 0 Å². The number of fused-ring (bicyclic) bond motifs is 1. The number of esters is 1. The minimum atomic E-state index is -0.449. The van der Waals surface area contributed by atoms with Gasteiger partial charge in [-0.3, -0.25) is 0 Å². The third kappa shape index (κ3) is 5.98. The Morgan fingerprint density at radius 3 is 2.40 bits per heavy atom. The fraction of sp³-hybridized carbons (Fsp3) is 0.219. The van der Waals surface area contributed by atoms with Crippen LogP contribution >= 0.6 is 23.2 Å². The molecule has 5 rings (SSSR count). The molecule has 0 fully saturated rings. The summed E-state index contributed by atoms with van der Waals surface area (Å²) < 4.78 is 16.5. The summed E-state index contributed by atoms with van der Waals surface area (Å²) in [6, 6.07) is 22.9. The van der Waals surface area contributed by atoms with Crippen molar-refractivity contribution in [3.05, 3.63) is 99.9 Å². The van der Waals surface area contributed by atoms with Crippen LogP contribution in [0.15, 0.2) is 77.3 Å². The van der Waals surface area contributed by atoms with Crippen LogP contribution in [-0.4, -0.2) is 29.8 Å². The van der Waals surface area contributed by atoms with Gasteiger partial charge in [-0.15, -0.1) is 0 Å². The van der Waals surface area contributed by atoms with Crippen molar-refractivity contribution in [1.82, 2.24) is 10.1 Å². The number of hydrogen-bond acceptors (Lipinski definition) is 6. The van der Waals surface area contributed by atoms with Crippen LogP contribution in [0.5, 0.6) is 5.75 Å². The third-order valence-corrected chi connectivity index (χ3v) is 7.29. The molecule has 0 unspecified atom stereocenters. The molecule has 0 atom stereocenters. The number of hydrogen-bond donors (Lipinski definition) is 0. The zero-order chi connectivity index (χ0) is 28.1. The highest BCUT2D eigenvalue weighted by Gasteiger charge is 2.21. The summed E-state index contributed by atoms with van der Waals surface area (Å²) in [5.41, 5.74) is 5.57. The highest BCUT2D eigenvalue weighted by Crippen LogP contribution is 2.37. The van der Waals surface area contributed by atoms with E-state index < -0.39 is 5.97 Å². The van der Waals surface area contributed by atoms with Crippen LogP contribution in [0.3, 0.4) is 0 Å². The summed E-state index contributed by atoms with van der Waals surface area (Å²) in [5, 5.41) is 6.37. The lowest BCUT2D eigenvalue weighted by atomic mass is 10.0. The summed E-state index contributed by atoms with van der Waals surface area (Å²) in [6.07, 6.45) is 3.25. The summed E-state index contributed by atoms with van der Waals surface area (Å²) in [5.74, 6) is 1.21. The van der Waals surface area contributed by atoms with Gasteiger partial charge >= 0.3 is 5.97 Å². The maximum absolute atomic E-state index is 11.8. The fourth-order valence-electron chi connectivity index (χ4n) is 4.65. The van der Waals surface area contributed by atoms with Crippen molar-refractivity contribution in [3.63, 3.8) is 0 Å². The second-order valence-electron chi connectivity index (χ2n) is 9.35. The van der Waals surface area contributed by atoms with Gasteiger partial charge in [0.2, 0.25) is 0 Å². The summed E-state index contributed by atoms with van der Waals surface area (Å²) in [4.78, 5) is 16.1. The Labute approximate surface area is 242 Å². The minimum Gasteiger partial charge on any atom is -0.494 e. The molecule has 0 saturated carbocycles. The van der Waals surface area contributed by atoms with E-state index in [0.717, 1.165) is 64.8 Å². The van der Waals surface area contributed by atoms with Gasteiger partial charge in [0, 0.05) is 22.9 Å². The molecule has 40 heavy (non-hydrogen) atoms. The molecule has 0 saturated heterocycles. The number of ether oxygens (including phenoxy) is 2. The molecule has 0 bridgehead atoms. The first kappa shape index (κ1) is 27.7. The van der Waals surface area contributed by atoms with E-state index in [2.05, 4.69) is 23.1 Å². The molecule has 0 aliphatic carbocycles. The number of benzene rings is 3. The first-order chi connectivity index (χ1) is 19.5. The number of methoxy groups -OCH3 is 1. The fourth-order valence-corrected chi connectivity index (χ4v) is 5.23. The maximum atomic E-state index is 11.8. The lowest BCUT2D eigenvalue weighted by Gasteiger charge is -2.10. The Kier molecular flexibility index (Phi) is 8.68. The van der Waals surface area contributed by atoms with Crippen LogP contribution in [0.1, 0.15) is 41.6 Å². The van der Waals surface area contributed by atoms with E-state index in [0.29, 0.717) is 33.6 Å². The molecular weight excluding hydrogens is 547 g/mol. The number of halogens is 2. The van der Waals surface area contributed by atoms with Gasteiger partial charge in [0.05, 0.1) is 29.3 Å². The second kappa shape index (κ2) is 12.5. The van der Waals surface area contributed by atoms with Crippen molar-refractivity contribution in [2.45, 2.75) is 32.6 Å². The van der Waals surface area contributed by atoms with Gasteiger partial charge in [-0.1, -0.05) is 65.6 Å². The quantitative estimate of drug-likeness (QED) is 0.123. The summed E-state index contributed by atoms with van der Waals surface area (Å²) >= 11 is 12.9. The monoisotopic (exact) mass is 574 g/mol. The van der Waals surface area contributed by atoms with Crippen LogP contribution in [-0.2, 0) is 17.6 Å². The number of aromatic nitrogens is 2. The van der Waals surface area contributed by atoms with Gasteiger partial charge in [0.1, 0.15) is 22.9 Å². The zero-order valence-corrected chi connectivity index (χ0v) is 23.8. The molecule has 2 heterocycles. The molecule has 0 amide bonds. The lowest BCUT2D eigenvalue weighted by Crippen LogP contribution is -2.03. The van der Waals surface area contributed by atoms with Crippen molar-refractivity contribution in [2.24, 2.45) is 0 Å². The second-order valence-corrected chi connectivity index (χ2v) is 10.2. The zero-order valence-electron chi connectivity index (χ0n) is 22.2. The van der Waals surface area contributed by atoms with Crippen LogP contribution in [0, 0.1) is 0 Å². The molecule has 6 nitrogen and oxygen atoms in total. The van der Waals surface area contributed by atoms with Gasteiger partial charge in [0.15, 0.2) is 0 Å². The van der Waals surface area contributed by atoms with Gasteiger partial charge in [-0.25, -0.2) is 9.78 Å². The van der Waals surface area contributed by atoms with Crippen molar-refractivity contribution in [1.29, 1.82) is 0 Å². The predicted octanol–water partition coefficient (Wildman–Crippen LogP) is 8.61. The van der Waals surface area contributed by atoms with Gasteiger partial charge in [-0.05, 0) is 72.9 Å². The number of carbonyl (C=O) groups is 1. The molecule has 8 heteroatoms. The van der Waals surface area contributed by atoms with E-state index in [1.807, 2.05) is 60.7 Å². The van der Waals surface area contributed by atoms with Crippen LogP contribution < -0.4 is 4.74 Å². The Balaban J connectivity index is 1.24. The topological polar surface area (TPSA) is 74.5 Å². The first-order valence-electron chi connectivity index (χ1n) is 13.1. The minimum absolute atomic E-state index is 0.291. The molecule has 2 aromatic heterocycles. The Bertz CT molecular complexity index is 1630. The number of pyridine rings is 1. The molecule has 0 N–H and O–H groups in total. The number of nitrogens with zero attached hydrogens (tertiary/aromatic N) is 2. The first-order valence-corrected chi connectivity index (χ1v) is 13.9. The smallest absolute Gasteiger partial charge is 0.356 e. The van der Waals surface area contributed by atoms with Crippen LogP contribution in [0.4, 0.5) is 0 Å². The lowest BCUT2D eigenvalue weighted by molar-refractivity contribution is 0.0594. The van der Waals surface area contributed by atoms with Crippen molar-refractivity contribution in [3.8, 4) is 28.1 Å². The van der Waals surface area contributed by atoms with E-state index in [1.54, 1.807) is 6.07 Å². The maximum Gasteiger partial charge on any atom is 0.356 e. The third-order valence-electron chi connectivity index (χ3n) is 6.66. The van der Waals surface area contributed by atoms with Gasteiger partial charge in [0.25, 0.3) is 0 Å². The highest BCUT2D eigenvalue weighted by atomic mass is 35.5. The molecule has 0 aliphatic heterocycles. The molecule has 0 aliphatic rings. The van der Waals surface area contributed by atoms with Gasteiger partial charge < -0.3 is 14.0 Å². The van der Waals surface area contributed by atoms with Crippen molar-refractivity contribution in [2.75, 3.05) is 13.7 Å². The van der Waals surface area contributed by atoms with E-state index in [-0.39, 0.29) is 0 Å². The summed E-state index contributed by atoms with van der Waals surface area (Å²) in [6.45, 7) is 2.65. The SMILES string of the molecule is CCCc1onc(-c2c(Cl)cccc2Cl)c1CCCOc1ccc(-c2ccc3nc(C(=O)OC)ccc3c2)cc1. The largest absolute Gasteiger partial charge is 0.494 e. The standard InChI is InChI=1S/C32H28Cl2N2O4/c1-3-6-29-24(31(36-40-29)30-25(33)8-4-9-26(30)34)7-5-18-39-23-14-10-20(11-15-23)21-12-16-27-22(19-21)13-17-28(35-27)32(37)38-2/h4,8-17,19H,3,5-7,18H2,1-2H3. The number of carbonyl (C=O) groups excluding carboxylic acids is 1. The summed E-state index contributed by atoms with van der Waals surface area (Å²) in [7, 11) is 1.35. The number of rotatable bonds is 10. The van der Waals surface area contributed by atoms with Crippen molar-refractivity contribution >= 4 is 40.1 Å². The molecule has 3 aromatic carbocycles. The molecule has 5 aromatic rings. The Hall–Kier alpha value is -3.87. The average molecular weight is 575 g/mol. The molecular formula is C32H28Cl2N2O4. The Morgan fingerprint density at radius 2 is 1.68 bits per heavy atom. The van der Waals surface area contributed by atoms with Crippen LogP contribution in [0.2, 0.25) is 10.0 Å². The highest BCUT2D eigenvalue weighted by molar-refractivity contribution is 6.39. The van der Waals surface area contributed by atoms with E-state index in [9.17, 15) is 4.79 Å².